The van der Waals surface area contributed by atoms with Gasteiger partial charge in [-0.1, -0.05) is 12.1 Å². The summed E-state index contributed by atoms with van der Waals surface area (Å²) in [4.78, 5) is 16.6. The van der Waals surface area contributed by atoms with Crippen molar-refractivity contribution < 1.29 is 13.9 Å². The highest BCUT2D eigenvalue weighted by Gasteiger charge is 2.27. The number of dihydropyridines is 1. The minimum absolute atomic E-state index is 0.179. The number of pyridine rings is 1. The van der Waals surface area contributed by atoms with Gasteiger partial charge in [-0.25, -0.2) is 4.79 Å². The van der Waals surface area contributed by atoms with Crippen molar-refractivity contribution in [1.29, 1.82) is 0 Å². The fourth-order valence-corrected chi connectivity index (χ4v) is 2.78. The number of hydrogen-bond donors (Lipinski definition) is 1. The average molecular weight is 310 g/mol. The van der Waals surface area contributed by atoms with Crippen molar-refractivity contribution >= 4 is 5.97 Å². The number of allylic oxidation sites excluding steroid dienone is 3. The van der Waals surface area contributed by atoms with Crippen molar-refractivity contribution in [3.8, 4) is 11.5 Å². The number of nitrogens with one attached hydrogen (secondary N) is 1. The van der Waals surface area contributed by atoms with Crippen LogP contribution in [0.5, 0.6) is 0 Å². The van der Waals surface area contributed by atoms with Gasteiger partial charge in [0.25, 0.3) is 0 Å². The topological polar surface area (TPSA) is 64.4 Å². The van der Waals surface area contributed by atoms with Gasteiger partial charge in [-0.3, -0.25) is 4.98 Å². The smallest absolute Gasteiger partial charge is 0.336 e. The molecule has 0 aliphatic carbocycles. The lowest BCUT2D eigenvalue weighted by molar-refractivity contribution is -0.136. The third kappa shape index (κ3) is 2.90. The fourth-order valence-electron chi connectivity index (χ4n) is 2.78. The molecule has 23 heavy (non-hydrogen) atoms. The second-order valence-corrected chi connectivity index (χ2v) is 5.44. The number of methoxy groups -OCH3 is 1. The van der Waals surface area contributed by atoms with Gasteiger partial charge in [-0.15, -0.1) is 0 Å². The molecule has 2 aromatic rings. The lowest BCUT2D eigenvalue weighted by Crippen LogP contribution is -2.25. The predicted octanol–water partition coefficient (Wildman–Crippen LogP) is 3.38. The Balaban J connectivity index is 1.98. The molecule has 5 nitrogen and oxygen atoms in total. The fraction of sp³-hybridized carbons (Fsp3) is 0.222. The third-order valence-corrected chi connectivity index (χ3v) is 3.84. The summed E-state index contributed by atoms with van der Waals surface area (Å²) >= 11 is 0. The summed E-state index contributed by atoms with van der Waals surface area (Å²) in [6, 6.07) is 7.54. The van der Waals surface area contributed by atoms with E-state index in [2.05, 4.69) is 10.3 Å². The molecule has 0 saturated carbocycles. The van der Waals surface area contributed by atoms with Gasteiger partial charge in [-0.2, -0.15) is 0 Å². The Bertz CT molecular complexity index is 771. The summed E-state index contributed by atoms with van der Waals surface area (Å²) in [5.74, 6) is 0.203. The first-order valence-electron chi connectivity index (χ1n) is 7.34. The minimum atomic E-state index is -0.334. The molecule has 3 rings (SSSR count). The zero-order chi connectivity index (χ0) is 16.4. The van der Waals surface area contributed by atoms with Crippen molar-refractivity contribution in [1.82, 2.24) is 10.3 Å². The molecule has 0 bridgehead atoms. The van der Waals surface area contributed by atoms with Crippen molar-refractivity contribution in [2.24, 2.45) is 0 Å². The van der Waals surface area contributed by atoms with Crippen molar-refractivity contribution in [2.75, 3.05) is 7.11 Å². The van der Waals surface area contributed by atoms with Crippen LogP contribution in [0.2, 0.25) is 0 Å². The molecule has 0 amide bonds. The highest BCUT2D eigenvalue weighted by Crippen LogP contribution is 2.33. The number of carbonyl (C=O) groups excluding carboxylic acids is 1. The van der Waals surface area contributed by atoms with Crippen LogP contribution in [0.3, 0.4) is 0 Å². The van der Waals surface area contributed by atoms with Crippen LogP contribution in [0.1, 0.15) is 25.3 Å². The van der Waals surface area contributed by atoms with E-state index in [9.17, 15) is 4.79 Å². The molecule has 0 saturated heterocycles. The first-order chi connectivity index (χ1) is 11.1. The largest absolute Gasteiger partial charge is 0.466 e. The molecule has 1 N–H and O–H groups in total. The molecule has 1 aliphatic rings. The van der Waals surface area contributed by atoms with Crippen molar-refractivity contribution in [3.63, 3.8) is 0 Å². The quantitative estimate of drug-likeness (QED) is 0.880. The van der Waals surface area contributed by atoms with Crippen LogP contribution in [0.4, 0.5) is 0 Å². The normalized spacial score (nSPS) is 17.5. The molecule has 1 atom stereocenters. The Kier molecular flexibility index (Phi) is 4.02. The summed E-state index contributed by atoms with van der Waals surface area (Å²) in [6.07, 6.45) is 5.39. The molecular weight excluding hydrogens is 292 g/mol. The minimum Gasteiger partial charge on any atom is -0.466 e. The molecule has 118 valence electrons. The number of rotatable bonds is 3. The van der Waals surface area contributed by atoms with Crippen molar-refractivity contribution in [2.45, 2.75) is 19.8 Å². The maximum Gasteiger partial charge on any atom is 0.336 e. The Morgan fingerprint density at radius 2 is 2.13 bits per heavy atom. The van der Waals surface area contributed by atoms with Crippen LogP contribution in [-0.4, -0.2) is 18.1 Å². The molecule has 2 aromatic heterocycles. The predicted molar refractivity (Wildman–Crippen MR) is 86.3 cm³/mol. The number of furan rings is 1. The highest BCUT2D eigenvalue weighted by atomic mass is 16.5. The number of ether oxygens (including phenoxy) is 1. The van der Waals surface area contributed by atoms with Gasteiger partial charge in [-0.05, 0) is 37.6 Å². The first-order valence-corrected chi connectivity index (χ1v) is 7.34. The zero-order valence-corrected chi connectivity index (χ0v) is 13.3. The van der Waals surface area contributed by atoms with Crippen LogP contribution < -0.4 is 5.32 Å². The molecule has 0 aromatic carbocycles. The monoisotopic (exact) mass is 310 g/mol. The maximum absolute atomic E-state index is 12.1. The van der Waals surface area contributed by atoms with Gasteiger partial charge in [0.15, 0.2) is 5.76 Å². The van der Waals surface area contributed by atoms with E-state index in [4.69, 9.17) is 9.15 Å². The lowest BCUT2D eigenvalue weighted by Gasteiger charge is -2.25. The van der Waals surface area contributed by atoms with E-state index in [1.807, 2.05) is 44.2 Å². The van der Waals surface area contributed by atoms with Gasteiger partial charge in [0.1, 0.15) is 5.69 Å². The van der Waals surface area contributed by atoms with Crippen molar-refractivity contribution in [3.05, 3.63) is 65.3 Å². The molecule has 0 spiro atoms. The van der Waals surface area contributed by atoms with Crippen LogP contribution in [0, 0.1) is 0 Å². The van der Waals surface area contributed by atoms with E-state index in [1.165, 1.54) is 7.11 Å². The van der Waals surface area contributed by atoms with Crippen LogP contribution in [0.15, 0.2) is 64.2 Å². The van der Waals surface area contributed by atoms with Crippen LogP contribution >= 0.6 is 0 Å². The van der Waals surface area contributed by atoms with Crippen LogP contribution in [0.25, 0.3) is 11.5 Å². The lowest BCUT2D eigenvalue weighted by atomic mass is 9.87. The third-order valence-electron chi connectivity index (χ3n) is 3.84. The van der Waals surface area contributed by atoms with Crippen LogP contribution in [-0.2, 0) is 9.53 Å². The summed E-state index contributed by atoms with van der Waals surface area (Å²) < 4.78 is 10.3. The SMILES string of the molecule is COC(=O)C1=C(C)NC(C)=CC1c1ccc(-c2ccco2)nc1. The number of esters is 1. The number of hydrogen-bond acceptors (Lipinski definition) is 5. The van der Waals surface area contributed by atoms with E-state index in [0.29, 0.717) is 11.3 Å². The Morgan fingerprint density at radius 3 is 2.74 bits per heavy atom. The summed E-state index contributed by atoms with van der Waals surface area (Å²) in [5.41, 5.74) is 4.09. The Hall–Kier alpha value is -2.82. The Labute approximate surface area is 134 Å². The molecule has 0 fully saturated rings. The zero-order valence-electron chi connectivity index (χ0n) is 13.3. The molecular formula is C18H18N2O3. The molecule has 3 heterocycles. The Morgan fingerprint density at radius 1 is 1.30 bits per heavy atom. The number of carbonyl (C=O) groups is 1. The summed E-state index contributed by atoms with van der Waals surface area (Å²) in [5, 5.41) is 3.18. The molecule has 1 unspecified atom stereocenters. The molecule has 0 radical (unpaired) electrons. The number of aromatic nitrogens is 1. The van der Waals surface area contributed by atoms with E-state index < -0.39 is 0 Å². The maximum atomic E-state index is 12.1. The first kappa shape index (κ1) is 15.1. The van der Waals surface area contributed by atoms with Gasteiger partial charge >= 0.3 is 5.97 Å². The van der Waals surface area contributed by atoms with E-state index >= 15 is 0 Å². The second kappa shape index (κ2) is 6.12. The number of nitrogens with zero attached hydrogens (tertiary/aromatic N) is 1. The summed E-state index contributed by atoms with van der Waals surface area (Å²) in [7, 11) is 1.39. The average Bonchev–Trinajstić information content (AvgIpc) is 3.08. The second-order valence-electron chi connectivity index (χ2n) is 5.44. The molecule has 5 heteroatoms. The molecule has 1 aliphatic heterocycles. The standard InChI is InChI=1S/C18H18N2O3/c1-11-9-14(17(12(2)20-11)18(21)22-3)13-6-7-15(19-10-13)16-5-4-8-23-16/h4-10,14,20H,1-3H3. The van der Waals surface area contributed by atoms with Gasteiger partial charge in [0.05, 0.1) is 18.9 Å². The van der Waals surface area contributed by atoms with E-state index in [0.717, 1.165) is 22.7 Å². The van der Waals surface area contributed by atoms with E-state index in [1.54, 1.807) is 12.5 Å². The van der Waals surface area contributed by atoms with Gasteiger partial charge in [0.2, 0.25) is 0 Å². The van der Waals surface area contributed by atoms with Gasteiger partial charge in [0, 0.05) is 23.5 Å². The summed E-state index contributed by atoms with van der Waals surface area (Å²) in [6.45, 7) is 3.84. The highest BCUT2D eigenvalue weighted by molar-refractivity contribution is 5.92. The van der Waals surface area contributed by atoms with E-state index in [-0.39, 0.29) is 11.9 Å². The van der Waals surface area contributed by atoms with Gasteiger partial charge < -0.3 is 14.5 Å².